The summed E-state index contributed by atoms with van der Waals surface area (Å²) >= 11 is 0. The van der Waals surface area contributed by atoms with Crippen molar-refractivity contribution in [3.63, 3.8) is 0 Å². The first-order chi connectivity index (χ1) is 9.91. The molecule has 0 spiro atoms. The molecule has 0 atom stereocenters. The van der Waals surface area contributed by atoms with Gasteiger partial charge in [0, 0.05) is 11.6 Å². The standard InChI is InChI=1S/C19H33NO2/c1-17(2,3)22-16(21)20-14(12-13-8-9-13)15-18(4,5)10-11-19(15,6)7/h12-13,15H,8-11H2,1-7H3,(H,20,21). The number of carbonyl (C=O) groups excluding carboxylic acids is 1. The lowest BCUT2D eigenvalue weighted by atomic mass is 9.70. The highest BCUT2D eigenvalue weighted by Gasteiger charge is 2.49. The Labute approximate surface area is 135 Å². The van der Waals surface area contributed by atoms with Gasteiger partial charge in [0.2, 0.25) is 0 Å². The van der Waals surface area contributed by atoms with Gasteiger partial charge in [0.1, 0.15) is 5.60 Å². The normalized spacial score (nSPS) is 25.1. The third kappa shape index (κ3) is 4.27. The molecule has 22 heavy (non-hydrogen) atoms. The van der Waals surface area contributed by atoms with Crippen molar-refractivity contribution in [1.29, 1.82) is 0 Å². The van der Waals surface area contributed by atoms with Gasteiger partial charge in [-0.15, -0.1) is 0 Å². The van der Waals surface area contributed by atoms with Gasteiger partial charge < -0.3 is 4.74 Å². The first-order valence-electron chi connectivity index (χ1n) is 8.62. The number of carbonyl (C=O) groups is 1. The summed E-state index contributed by atoms with van der Waals surface area (Å²) in [5, 5.41) is 3.10. The number of rotatable bonds is 3. The Morgan fingerprint density at radius 2 is 1.59 bits per heavy atom. The average molecular weight is 307 g/mol. The van der Waals surface area contributed by atoms with E-state index in [2.05, 4.69) is 39.1 Å². The average Bonchev–Trinajstić information content (AvgIpc) is 3.03. The molecular weight excluding hydrogens is 274 g/mol. The van der Waals surface area contributed by atoms with Crippen LogP contribution in [-0.2, 0) is 4.74 Å². The molecular formula is C19H33NO2. The summed E-state index contributed by atoms with van der Waals surface area (Å²) in [7, 11) is 0. The SMILES string of the molecule is CC(C)(C)OC(=O)NC(=CC1CC1)C1C(C)(C)CCC1(C)C. The zero-order valence-corrected chi connectivity index (χ0v) is 15.4. The summed E-state index contributed by atoms with van der Waals surface area (Å²) in [6, 6.07) is 0. The Morgan fingerprint density at radius 3 is 2.00 bits per heavy atom. The molecule has 0 saturated heterocycles. The van der Waals surface area contributed by atoms with Gasteiger partial charge in [-0.25, -0.2) is 4.79 Å². The summed E-state index contributed by atoms with van der Waals surface area (Å²) in [5.74, 6) is 1.00. The number of nitrogens with one attached hydrogen (secondary N) is 1. The molecule has 3 heteroatoms. The van der Waals surface area contributed by atoms with Crippen LogP contribution in [0.4, 0.5) is 4.79 Å². The van der Waals surface area contributed by atoms with E-state index in [9.17, 15) is 4.79 Å². The van der Waals surface area contributed by atoms with E-state index in [-0.39, 0.29) is 16.9 Å². The molecule has 1 N–H and O–H groups in total. The first-order valence-corrected chi connectivity index (χ1v) is 8.62. The zero-order chi connectivity index (χ0) is 16.8. The van der Waals surface area contributed by atoms with Gasteiger partial charge in [-0.1, -0.05) is 33.8 Å². The molecule has 0 bridgehead atoms. The van der Waals surface area contributed by atoms with E-state index in [4.69, 9.17) is 4.74 Å². The molecule has 0 radical (unpaired) electrons. The van der Waals surface area contributed by atoms with Gasteiger partial charge in [-0.3, -0.25) is 5.32 Å². The van der Waals surface area contributed by atoms with Crippen LogP contribution in [0.3, 0.4) is 0 Å². The number of ether oxygens (including phenoxy) is 1. The molecule has 0 aromatic heterocycles. The van der Waals surface area contributed by atoms with Crippen LogP contribution in [0.2, 0.25) is 0 Å². The smallest absolute Gasteiger partial charge is 0.411 e. The highest BCUT2D eigenvalue weighted by atomic mass is 16.6. The van der Waals surface area contributed by atoms with Crippen LogP contribution in [0, 0.1) is 22.7 Å². The van der Waals surface area contributed by atoms with Crippen LogP contribution in [0.1, 0.15) is 74.1 Å². The second-order valence-electron chi connectivity index (χ2n) is 9.50. The van der Waals surface area contributed by atoms with Crippen molar-refractivity contribution in [2.24, 2.45) is 22.7 Å². The molecule has 1 amide bonds. The number of allylic oxidation sites excluding steroid dienone is 2. The monoisotopic (exact) mass is 307 g/mol. The topological polar surface area (TPSA) is 38.3 Å². The molecule has 2 aliphatic carbocycles. The van der Waals surface area contributed by atoms with Gasteiger partial charge in [-0.05, 0) is 63.2 Å². The molecule has 2 aliphatic rings. The predicted octanol–water partition coefficient (Wildman–Crippen LogP) is 5.27. The fourth-order valence-electron chi connectivity index (χ4n) is 3.98. The van der Waals surface area contributed by atoms with E-state index in [1.54, 1.807) is 0 Å². The predicted molar refractivity (Wildman–Crippen MR) is 90.5 cm³/mol. The minimum absolute atomic E-state index is 0.208. The molecule has 126 valence electrons. The summed E-state index contributed by atoms with van der Waals surface area (Å²) in [6.07, 6.45) is 6.85. The van der Waals surface area contributed by atoms with Gasteiger partial charge in [-0.2, -0.15) is 0 Å². The summed E-state index contributed by atoms with van der Waals surface area (Å²) < 4.78 is 5.48. The Bertz CT molecular complexity index is 448. The third-order valence-corrected chi connectivity index (χ3v) is 4.97. The van der Waals surface area contributed by atoms with Gasteiger partial charge in [0.15, 0.2) is 0 Å². The minimum atomic E-state index is -0.463. The van der Waals surface area contributed by atoms with Crippen LogP contribution >= 0.6 is 0 Å². The van der Waals surface area contributed by atoms with Crippen LogP contribution in [0.15, 0.2) is 11.8 Å². The van der Waals surface area contributed by atoms with Crippen LogP contribution in [0.5, 0.6) is 0 Å². The molecule has 0 unspecified atom stereocenters. The summed E-state index contributed by atoms with van der Waals surface area (Å²) in [4.78, 5) is 12.3. The van der Waals surface area contributed by atoms with E-state index in [1.807, 2.05) is 20.8 Å². The molecule has 2 saturated carbocycles. The van der Waals surface area contributed by atoms with Crippen LogP contribution in [-0.4, -0.2) is 11.7 Å². The third-order valence-electron chi connectivity index (χ3n) is 4.97. The Hall–Kier alpha value is -0.990. The minimum Gasteiger partial charge on any atom is -0.444 e. The second kappa shape index (κ2) is 5.58. The van der Waals surface area contributed by atoms with Crippen molar-refractivity contribution >= 4 is 6.09 Å². The van der Waals surface area contributed by atoms with Crippen molar-refractivity contribution in [3.8, 4) is 0 Å². The largest absolute Gasteiger partial charge is 0.444 e. The lowest BCUT2D eigenvalue weighted by Crippen LogP contribution is -2.39. The molecule has 3 nitrogen and oxygen atoms in total. The van der Waals surface area contributed by atoms with E-state index in [0.29, 0.717) is 11.8 Å². The maximum absolute atomic E-state index is 12.3. The molecule has 0 aromatic carbocycles. The second-order valence-corrected chi connectivity index (χ2v) is 9.50. The Balaban J connectivity index is 2.22. The maximum atomic E-state index is 12.3. The van der Waals surface area contributed by atoms with E-state index in [0.717, 1.165) is 5.70 Å². The molecule has 0 aliphatic heterocycles. The lowest BCUT2D eigenvalue weighted by Gasteiger charge is -2.37. The zero-order valence-electron chi connectivity index (χ0n) is 15.4. The van der Waals surface area contributed by atoms with E-state index >= 15 is 0 Å². The van der Waals surface area contributed by atoms with Crippen LogP contribution < -0.4 is 5.32 Å². The summed E-state index contributed by atoms with van der Waals surface area (Å²) in [5.41, 5.74) is 1.04. The van der Waals surface area contributed by atoms with Crippen molar-refractivity contribution in [1.82, 2.24) is 5.32 Å². The number of hydrogen-bond acceptors (Lipinski definition) is 2. The number of amides is 1. The van der Waals surface area contributed by atoms with Crippen molar-refractivity contribution in [2.75, 3.05) is 0 Å². The fraction of sp³-hybridized carbons (Fsp3) is 0.842. The van der Waals surface area contributed by atoms with Crippen molar-refractivity contribution in [2.45, 2.75) is 79.8 Å². The maximum Gasteiger partial charge on any atom is 0.411 e. The molecule has 0 aromatic rings. The van der Waals surface area contributed by atoms with Crippen LogP contribution in [0.25, 0.3) is 0 Å². The fourth-order valence-corrected chi connectivity index (χ4v) is 3.98. The van der Waals surface area contributed by atoms with Gasteiger partial charge >= 0.3 is 6.09 Å². The van der Waals surface area contributed by atoms with Gasteiger partial charge in [0.05, 0.1) is 0 Å². The highest BCUT2D eigenvalue weighted by molar-refractivity contribution is 5.70. The van der Waals surface area contributed by atoms with Crippen molar-refractivity contribution < 1.29 is 9.53 Å². The van der Waals surface area contributed by atoms with Crippen molar-refractivity contribution in [3.05, 3.63) is 11.8 Å². The highest BCUT2D eigenvalue weighted by Crippen LogP contribution is 2.56. The molecule has 0 heterocycles. The number of alkyl carbamates (subject to hydrolysis) is 1. The molecule has 2 rings (SSSR count). The van der Waals surface area contributed by atoms with E-state index < -0.39 is 5.60 Å². The Kier molecular flexibility index (Phi) is 4.40. The number of hydrogen-bond donors (Lipinski definition) is 1. The van der Waals surface area contributed by atoms with E-state index in [1.165, 1.54) is 25.7 Å². The first kappa shape index (κ1) is 17.4. The summed E-state index contributed by atoms with van der Waals surface area (Å²) in [6.45, 7) is 15.0. The molecule has 2 fully saturated rings. The quantitative estimate of drug-likeness (QED) is 0.771. The van der Waals surface area contributed by atoms with Gasteiger partial charge in [0.25, 0.3) is 0 Å². The lowest BCUT2D eigenvalue weighted by molar-refractivity contribution is 0.0524. The Morgan fingerprint density at radius 1 is 1.09 bits per heavy atom.